The first-order valence-electron chi connectivity index (χ1n) is 4.34. The van der Waals surface area contributed by atoms with Gasteiger partial charge in [-0.15, -0.1) is 0 Å². The molecule has 68 valence electrons. The van der Waals surface area contributed by atoms with Gasteiger partial charge in [-0.05, 0) is 25.5 Å². The summed E-state index contributed by atoms with van der Waals surface area (Å²) in [7, 11) is 0. The van der Waals surface area contributed by atoms with Gasteiger partial charge < -0.3 is 0 Å². The summed E-state index contributed by atoms with van der Waals surface area (Å²) in [6, 6.07) is 6.00. The molecule has 0 radical (unpaired) electrons. The summed E-state index contributed by atoms with van der Waals surface area (Å²) >= 11 is 5.78. The van der Waals surface area contributed by atoms with Crippen molar-refractivity contribution in [1.82, 2.24) is 0 Å². The zero-order chi connectivity index (χ0) is 9.56. The quantitative estimate of drug-likeness (QED) is 0.562. The van der Waals surface area contributed by atoms with Gasteiger partial charge in [-0.1, -0.05) is 49.6 Å². The standard InChI is InChI=1S/C8H9Cl.C3H8/c1-6-3-4-8(9)7(2)5-6;1-3-2/h3-5H,1-2H3;3H2,1-2H3. The number of benzene rings is 1. The van der Waals surface area contributed by atoms with Gasteiger partial charge in [0.25, 0.3) is 0 Å². The average Bonchev–Trinajstić information content (AvgIpc) is 1.99. The van der Waals surface area contributed by atoms with E-state index >= 15 is 0 Å². The van der Waals surface area contributed by atoms with E-state index in [1.54, 1.807) is 0 Å². The monoisotopic (exact) mass is 184 g/mol. The highest BCUT2D eigenvalue weighted by Crippen LogP contribution is 2.14. The molecule has 0 aromatic heterocycles. The van der Waals surface area contributed by atoms with Crippen molar-refractivity contribution in [3.05, 3.63) is 34.3 Å². The molecular weight excluding hydrogens is 168 g/mol. The summed E-state index contributed by atoms with van der Waals surface area (Å²) in [6.45, 7) is 8.32. The second-order valence-corrected chi connectivity index (χ2v) is 3.37. The minimum atomic E-state index is 0.848. The van der Waals surface area contributed by atoms with Gasteiger partial charge in [0.1, 0.15) is 0 Å². The van der Waals surface area contributed by atoms with E-state index in [0.717, 1.165) is 10.6 Å². The van der Waals surface area contributed by atoms with Crippen molar-refractivity contribution in [1.29, 1.82) is 0 Å². The Hall–Kier alpha value is -0.490. The molecule has 0 spiro atoms. The van der Waals surface area contributed by atoms with E-state index in [1.165, 1.54) is 12.0 Å². The lowest BCUT2D eigenvalue weighted by Gasteiger charge is -1.96. The third kappa shape index (κ3) is 4.40. The summed E-state index contributed by atoms with van der Waals surface area (Å²) in [6.07, 6.45) is 1.25. The molecule has 12 heavy (non-hydrogen) atoms. The topological polar surface area (TPSA) is 0 Å². The normalized spacial score (nSPS) is 8.75. The number of hydrogen-bond donors (Lipinski definition) is 0. The first kappa shape index (κ1) is 11.5. The lowest BCUT2D eigenvalue weighted by molar-refractivity contribution is 1.09. The van der Waals surface area contributed by atoms with Crippen LogP contribution in [0, 0.1) is 13.8 Å². The van der Waals surface area contributed by atoms with Crippen LogP contribution in [0.15, 0.2) is 18.2 Å². The third-order valence-electron chi connectivity index (χ3n) is 1.31. The van der Waals surface area contributed by atoms with Gasteiger partial charge in [0.15, 0.2) is 0 Å². The summed E-state index contributed by atoms with van der Waals surface area (Å²) in [5.74, 6) is 0. The van der Waals surface area contributed by atoms with E-state index in [9.17, 15) is 0 Å². The molecule has 0 aliphatic carbocycles. The van der Waals surface area contributed by atoms with Crippen molar-refractivity contribution in [3.63, 3.8) is 0 Å². The van der Waals surface area contributed by atoms with Crippen molar-refractivity contribution < 1.29 is 0 Å². The Morgan fingerprint density at radius 3 is 2.00 bits per heavy atom. The van der Waals surface area contributed by atoms with Gasteiger partial charge >= 0.3 is 0 Å². The molecule has 0 unspecified atom stereocenters. The highest BCUT2D eigenvalue weighted by molar-refractivity contribution is 6.31. The number of hydrogen-bond acceptors (Lipinski definition) is 0. The molecule has 0 saturated carbocycles. The molecule has 1 rings (SSSR count). The molecule has 0 amide bonds. The molecule has 0 bridgehead atoms. The highest BCUT2D eigenvalue weighted by Gasteiger charge is 1.91. The van der Waals surface area contributed by atoms with Crippen LogP contribution < -0.4 is 0 Å². The number of rotatable bonds is 0. The van der Waals surface area contributed by atoms with Crippen LogP contribution in [-0.4, -0.2) is 0 Å². The largest absolute Gasteiger partial charge is 0.0841 e. The minimum absolute atomic E-state index is 0.848. The van der Waals surface area contributed by atoms with Crippen LogP contribution in [0.2, 0.25) is 5.02 Å². The van der Waals surface area contributed by atoms with E-state index < -0.39 is 0 Å². The first-order chi connectivity index (χ1) is 5.61. The van der Waals surface area contributed by atoms with E-state index in [-0.39, 0.29) is 0 Å². The van der Waals surface area contributed by atoms with Gasteiger partial charge in [-0.2, -0.15) is 0 Å². The van der Waals surface area contributed by atoms with Crippen LogP contribution in [-0.2, 0) is 0 Å². The summed E-state index contributed by atoms with van der Waals surface area (Å²) < 4.78 is 0. The molecule has 1 aromatic rings. The molecule has 0 N–H and O–H groups in total. The van der Waals surface area contributed by atoms with Gasteiger partial charge in [0.05, 0.1) is 0 Å². The van der Waals surface area contributed by atoms with Crippen molar-refractivity contribution in [2.24, 2.45) is 0 Å². The maximum atomic E-state index is 5.78. The molecule has 0 heterocycles. The van der Waals surface area contributed by atoms with Crippen LogP contribution >= 0.6 is 11.6 Å². The predicted octanol–water partition coefficient (Wildman–Crippen LogP) is 4.37. The fourth-order valence-electron chi connectivity index (χ4n) is 0.795. The van der Waals surface area contributed by atoms with Crippen molar-refractivity contribution in [2.45, 2.75) is 34.1 Å². The van der Waals surface area contributed by atoms with Crippen LogP contribution in [0.25, 0.3) is 0 Å². The Bertz CT molecular complexity index is 228. The molecule has 0 nitrogen and oxygen atoms in total. The zero-order valence-electron chi connectivity index (χ0n) is 8.32. The van der Waals surface area contributed by atoms with Crippen molar-refractivity contribution in [2.75, 3.05) is 0 Å². The Morgan fingerprint density at radius 1 is 1.17 bits per heavy atom. The van der Waals surface area contributed by atoms with Crippen LogP contribution in [0.3, 0.4) is 0 Å². The minimum Gasteiger partial charge on any atom is -0.0841 e. The van der Waals surface area contributed by atoms with Gasteiger partial charge in [-0.3, -0.25) is 0 Å². The summed E-state index contributed by atoms with van der Waals surface area (Å²) in [4.78, 5) is 0. The Kier molecular flexibility index (Phi) is 5.83. The molecule has 0 aliphatic rings. The van der Waals surface area contributed by atoms with E-state index in [1.807, 2.05) is 19.1 Å². The van der Waals surface area contributed by atoms with Gasteiger partial charge in [-0.25, -0.2) is 0 Å². The van der Waals surface area contributed by atoms with Crippen LogP contribution in [0.1, 0.15) is 31.4 Å². The summed E-state index contributed by atoms with van der Waals surface area (Å²) in [5, 5.41) is 0.848. The van der Waals surface area contributed by atoms with Gasteiger partial charge in [0.2, 0.25) is 0 Å². The molecule has 1 heteroatoms. The Labute approximate surface area is 80.6 Å². The predicted molar refractivity (Wildman–Crippen MR) is 56.9 cm³/mol. The van der Waals surface area contributed by atoms with E-state index in [0.29, 0.717) is 0 Å². The Balaban J connectivity index is 0.000000354. The average molecular weight is 185 g/mol. The van der Waals surface area contributed by atoms with Crippen molar-refractivity contribution in [3.8, 4) is 0 Å². The lowest BCUT2D eigenvalue weighted by atomic mass is 10.2. The smallest absolute Gasteiger partial charge is 0.0435 e. The Morgan fingerprint density at radius 2 is 1.67 bits per heavy atom. The molecule has 0 aliphatic heterocycles. The highest BCUT2D eigenvalue weighted by atomic mass is 35.5. The number of halogens is 1. The fraction of sp³-hybridized carbons (Fsp3) is 0.455. The molecule has 0 atom stereocenters. The first-order valence-corrected chi connectivity index (χ1v) is 4.72. The molecular formula is C11H17Cl. The molecule has 0 saturated heterocycles. The number of aryl methyl sites for hydroxylation is 2. The maximum Gasteiger partial charge on any atom is 0.0435 e. The third-order valence-corrected chi connectivity index (χ3v) is 1.74. The van der Waals surface area contributed by atoms with Crippen molar-refractivity contribution >= 4 is 11.6 Å². The zero-order valence-corrected chi connectivity index (χ0v) is 9.07. The maximum absolute atomic E-state index is 5.78. The van der Waals surface area contributed by atoms with Crippen LogP contribution in [0.5, 0.6) is 0 Å². The van der Waals surface area contributed by atoms with Crippen LogP contribution in [0.4, 0.5) is 0 Å². The van der Waals surface area contributed by atoms with E-state index in [4.69, 9.17) is 11.6 Å². The van der Waals surface area contributed by atoms with E-state index in [2.05, 4.69) is 26.8 Å². The summed E-state index contributed by atoms with van der Waals surface area (Å²) in [5.41, 5.74) is 2.41. The second-order valence-electron chi connectivity index (χ2n) is 2.96. The fourth-order valence-corrected chi connectivity index (χ4v) is 0.912. The van der Waals surface area contributed by atoms with Gasteiger partial charge in [0, 0.05) is 5.02 Å². The second kappa shape index (κ2) is 6.07. The lowest BCUT2D eigenvalue weighted by Crippen LogP contribution is -1.75. The molecule has 1 aromatic carbocycles. The SMILES string of the molecule is CCC.Cc1ccc(Cl)c(C)c1. The molecule has 0 fully saturated rings.